The molecule has 6 nitrogen and oxygen atoms in total. The molecular formula is C22H20F3NO5. The Labute approximate surface area is 175 Å². The third-order valence-corrected chi connectivity index (χ3v) is 5.20. The molecule has 0 unspecified atom stereocenters. The monoisotopic (exact) mass is 435 g/mol. The molecule has 0 amide bonds. The Morgan fingerprint density at radius 1 is 1.13 bits per heavy atom. The summed E-state index contributed by atoms with van der Waals surface area (Å²) in [5.41, 5.74) is -1.11. The minimum atomic E-state index is -4.99. The number of rotatable bonds is 5. The molecule has 1 N–H and O–H groups in total. The second-order valence-electron chi connectivity index (χ2n) is 7.29. The van der Waals surface area contributed by atoms with Gasteiger partial charge in [0.2, 0.25) is 11.2 Å². The van der Waals surface area contributed by atoms with E-state index in [0.717, 1.165) is 25.9 Å². The van der Waals surface area contributed by atoms with Gasteiger partial charge in [-0.2, -0.15) is 13.2 Å². The highest BCUT2D eigenvalue weighted by atomic mass is 19.4. The molecule has 1 aliphatic rings. The lowest BCUT2D eigenvalue weighted by Crippen LogP contribution is -2.20. The first-order chi connectivity index (χ1) is 14.8. The van der Waals surface area contributed by atoms with Crippen molar-refractivity contribution in [3.8, 4) is 23.0 Å². The van der Waals surface area contributed by atoms with E-state index in [1.54, 1.807) is 6.07 Å². The van der Waals surface area contributed by atoms with Crippen LogP contribution < -0.4 is 14.9 Å². The Balaban J connectivity index is 1.89. The first-order valence-corrected chi connectivity index (χ1v) is 9.71. The topological polar surface area (TPSA) is 72.1 Å². The van der Waals surface area contributed by atoms with Gasteiger partial charge < -0.3 is 19.0 Å². The molecule has 164 valence electrons. The number of nitrogens with zero attached hydrogens (tertiary/aromatic N) is 1. The Kier molecular flexibility index (Phi) is 5.53. The summed E-state index contributed by atoms with van der Waals surface area (Å²) in [7, 11) is 1.40. The number of benzene rings is 2. The van der Waals surface area contributed by atoms with Crippen LogP contribution in [0.3, 0.4) is 0 Å². The van der Waals surface area contributed by atoms with Crippen LogP contribution in [-0.4, -0.2) is 30.2 Å². The number of likely N-dealkylation sites (tertiary alicyclic amines) is 1. The van der Waals surface area contributed by atoms with Crippen LogP contribution in [0.2, 0.25) is 0 Å². The highest BCUT2D eigenvalue weighted by Crippen LogP contribution is 2.40. The van der Waals surface area contributed by atoms with Crippen molar-refractivity contribution in [2.24, 2.45) is 0 Å². The predicted octanol–water partition coefficient (Wildman–Crippen LogP) is 4.91. The second-order valence-corrected chi connectivity index (χ2v) is 7.29. The second kappa shape index (κ2) is 8.14. The largest absolute Gasteiger partial charge is 0.507 e. The Morgan fingerprint density at radius 3 is 2.52 bits per heavy atom. The Morgan fingerprint density at radius 2 is 1.84 bits per heavy atom. The van der Waals surface area contributed by atoms with Gasteiger partial charge >= 0.3 is 6.18 Å². The maximum Gasteiger partial charge on any atom is 0.453 e. The van der Waals surface area contributed by atoms with Gasteiger partial charge in [0.15, 0.2) is 0 Å². The molecule has 0 atom stereocenters. The number of halogens is 3. The summed E-state index contributed by atoms with van der Waals surface area (Å²) < 4.78 is 57.1. The van der Waals surface area contributed by atoms with Gasteiger partial charge in [0.1, 0.15) is 22.8 Å². The molecule has 0 bridgehead atoms. The SMILES string of the molecule is COc1cccc(Oc2c(C(F)(F)F)oc3c(CN4CCCC4)c(O)ccc3c2=O)c1. The summed E-state index contributed by atoms with van der Waals surface area (Å²) in [4.78, 5) is 15.0. The van der Waals surface area contributed by atoms with Crippen LogP contribution in [0.5, 0.6) is 23.0 Å². The van der Waals surface area contributed by atoms with E-state index in [-0.39, 0.29) is 34.6 Å². The summed E-state index contributed by atoms with van der Waals surface area (Å²) in [6.07, 6.45) is -3.07. The van der Waals surface area contributed by atoms with Crippen LogP contribution in [0.15, 0.2) is 45.6 Å². The zero-order valence-electron chi connectivity index (χ0n) is 16.7. The molecule has 0 spiro atoms. The smallest absolute Gasteiger partial charge is 0.453 e. The van der Waals surface area contributed by atoms with Gasteiger partial charge in [0.05, 0.1) is 18.1 Å². The lowest BCUT2D eigenvalue weighted by Gasteiger charge is -2.18. The summed E-state index contributed by atoms with van der Waals surface area (Å²) >= 11 is 0. The molecule has 1 aromatic heterocycles. The van der Waals surface area contributed by atoms with Crippen LogP contribution in [0.25, 0.3) is 11.0 Å². The van der Waals surface area contributed by atoms with E-state index >= 15 is 0 Å². The minimum Gasteiger partial charge on any atom is -0.507 e. The maximum absolute atomic E-state index is 13.8. The summed E-state index contributed by atoms with van der Waals surface area (Å²) in [5, 5.41) is 10.2. The van der Waals surface area contributed by atoms with Crippen molar-refractivity contribution in [1.29, 1.82) is 0 Å². The van der Waals surface area contributed by atoms with E-state index in [9.17, 15) is 23.1 Å². The molecule has 0 saturated carbocycles. The number of alkyl halides is 3. The molecular weight excluding hydrogens is 415 g/mol. The van der Waals surface area contributed by atoms with E-state index in [1.807, 2.05) is 4.90 Å². The third kappa shape index (κ3) is 4.18. The fourth-order valence-electron chi connectivity index (χ4n) is 3.67. The van der Waals surface area contributed by atoms with Gasteiger partial charge in [-0.15, -0.1) is 0 Å². The van der Waals surface area contributed by atoms with Crippen LogP contribution in [0.1, 0.15) is 24.2 Å². The molecule has 0 aliphatic carbocycles. The first kappa shape index (κ1) is 21.0. The highest BCUT2D eigenvalue weighted by Gasteiger charge is 2.41. The zero-order valence-corrected chi connectivity index (χ0v) is 16.7. The summed E-state index contributed by atoms with van der Waals surface area (Å²) in [6.45, 7) is 1.69. The van der Waals surface area contributed by atoms with Gasteiger partial charge in [-0.25, -0.2) is 0 Å². The average molecular weight is 435 g/mol. The van der Waals surface area contributed by atoms with Crippen molar-refractivity contribution in [2.75, 3.05) is 20.2 Å². The van der Waals surface area contributed by atoms with Gasteiger partial charge in [-0.1, -0.05) is 6.07 Å². The van der Waals surface area contributed by atoms with E-state index in [2.05, 4.69) is 0 Å². The molecule has 2 aromatic carbocycles. The third-order valence-electron chi connectivity index (χ3n) is 5.20. The van der Waals surface area contributed by atoms with Crippen molar-refractivity contribution in [3.63, 3.8) is 0 Å². The van der Waals surface area contributed by atoms with Crippen molar-refractivity contribution in [3.05, 3.63) is 57.9 Å². The predicted molar refractivity (Wildman–Crippen MR) is 107 cm³/mol. The quantitative estimate of drug-likeness (QED) is 0.614. The molecule has 9 heteroatoms. The van der Waals surface area contributed by atoms with Crippen LogP contribution >= 0.6 is 0 Å². The number of methoxy groups -OCH3 is 1. The summed E-state index contributed by atoms with van der Waals surface area (Å²) in [5.74, 6) is -2.40. The lowest BCUT2D eigenvalue weighted by molar-refractivity contribution is -0.154. The van der Waals surface area contributed by atoms with Crippen molar-refractivity contribution in [2.45, 2.75) is 25.6 Å². The van der Waals surface area contributed by atoms with Crippen LogP contribution in [-0.2, 0) is 12.7 Å². The Hall–Kier alpha value is -3.20. The fraction of sp³-hybridized carbons (Fsp3) is 0.318. The molecule has 0 radical (unpaired) electrons. The van der Waals surface area contributed by atoms with E-state index < -0.39 is 23.1 Å². The van der Waals surface area contributed by atoms with Crippen molar-refractivity contribution in [1.82, 2.24) is 4.90 Å². The molecule has 31 heavy (non-hydrogen) atoms. The normalized spacial score (nSPS) is 14.8. The van der Waals surface area contributed by atoms with Gasteiger partial charge in [-0.05, 0) is 50.2 Å². The zero-order chi connectivity index (χ0) is 22.2. The maximum atomic E-state index is 13.8. The number of hydrogen-bond acceptors (Lipinski definition) is 6. The number of phenolic OH excluding ortho intramolecular Hbond substituents is 1. The van der Waals surface area contributed by atoms with E-state index in [1.165, 1.54) is 37.4 Å². The van der Waals surface area contributed by atoms with Gasteiger partial charge in [-0.3, -0.25) is 9.69 Å². The molecule has 2 heterocycles. The minimum absolute atomic E-state index is 0.00688. The molecule has 4 rings (SSSR count). The number of ether oxygens (including phenoxy) is 2. The van der Waals surface area contributed by atoms with Gasteiger partial charge in [0, 0.05) is 12.6 Å². The Bertz CT molecular complexity index is 1170. The van der Waals surface area contributed by atoms with Crippen LogP contribution in [0.4, 0.5) is 13.2 Å². The van der Waals surface area contributed by atoms with Crippen molar-refractivity contribution >= 4 is 11.0 Å². The molecule has 1 saturated heterocycles. The number of hydrogen-bond donors (Lipinski definition) is 1. The number of aromatic hydroxyl groups is 1. The fourth-order valence-corrected chi connectivity index (χ4v) is 3.67. The lowest BCUT2D eigenvalue weighted by atomic mass is 10.1. The number of phenols is 1. The number of fused-ring (bicyclic) bond motifs is 1. The first-order valence-electron chi connectivity index (χ1n) is 9.71. The van der Waals surface area contributed by atoms with Crippen LogP contribution in [0, 0.1) is 0 Å². The van der Waals surface area contributed by atoms with E-state index in [4.69, 9.17) is 13.9 Å². The molecule has 1 aliphatic heterocycles. The molecule has 1 fully saturated rings. The average Bonchev–Trinajstić information content (AvgIpc) is 3.24. The highest BCUT2D eigenvalue weighted by molar-refractivity contribution is 5.83. The van der Waals surface area contributed by atoms with Crippen molar-refractivity contribution < 1.29 is 32.2 Å². The molecule has 3 aromatic rings. The summed E-state index contributed by atoms with van der Waals surface area (Å²) in [6, 6.07) is 8.40. The van der Waals surface area contributed by atoms with E-state index in [0.29, 0.717) is 5.75 Å². The van der Waals surface area contributed by atoms with Gasteiger partial charge in [0.25, 0.3) is 5.76 Å². The standard InChI is InChI=1S/C22H20F3NO5/c1-29-13-5-4-6-14(11-13)30-20-18(28)15-7-8-17(27)16(12-26-9-2-3-10-26)19(15)31-21(20)22(23,24)25/h4-8,11,27H,2-3,9-10,12H2,1H3.